The highest BCUT2D eigenvalue weighted by atomic mass is 16.6. The van der Waals surface area contributed by atoms with Crippen LogP contribution in [0.15, 0.2) is 0 Å². The lowest BCUT2D eigenvalue weighted by Crippen LogP contribution is -2.44. The number of amides is 1. The summed E-state index contributed by atoms with van der Waals surface area (Å²) in [5, 5.41) is 8.78. The summed E-state index contributed by atoms with van der Waals surface area (Å²) >= 11 is 0. The van der Waals surface area contributed by atoms with Crippen LogP contribution in [0, 0.1) is 0 Å². The third-order valence-corrected chi connectivity index (χ3v) is 3.38. The molecule has 1 aliphatic carbocycles. The van der Waals surface area contributed by atoms with Crippen molar-refractivity contribution in [1.29, 1.82) is 0 Å². The van der Waals surface area contributed by atoms with Gasteiger partial charge in [-0.1, -0.05) is 19.3 Å². The van der Waals surface area contributed by atoms with E-state index in [1.165, 1.54) is 6.42 Å². The fourth-order valence-corrected chi connectivity index (χ4v) is 2.64. The number of ether oxygens (including phenoxy) is 1. The Balaban J connectivity index is 2.02. The molecule has 5 nitrogen and oxygen atoms in total. The molecule has 2 aliphatic rings. The smallest absolute Gasteiger partial charge is 0.410 e. The standard InChI is InChI=1S/C11H17NO4/c13-10(14)6-9-7-16-11(15)12(9)8-4-2-1-3-5-8/h8-9H,1-7H2,(H,13,14). The van der Waals surface area contributed by atoms with Crippen molar-refractivity contribution in [1.82, 2.24) is 4.90 Å². The predicted molar refractivity (Wildman–Crippen MR) is 56.1 cm³/mol. The second-order valence-corrected chi connectivity index (χ2v) is 4.53. The summed E-state index contributed by atoms with van der Waals surface area (Å²) in [6, 6.07) is -0.0822. The van der Waals surface area contributed by atoms with E-state index in [4.69, 9.17) is 9.84 Å². The van der Waals surface area contributed by atoms with Gasteiger partial charge in [-0.25, -0.2) is 4.79 Å². The molecule has 2 rings (SSSR count). The third kappa shape index (κ3) is 2.28. The SMILES string of the molecule is O=C(O)CC1COC(=O)N1C1CCCCC1. The Labute approximate surface area is 94.4 Å². The minimum atomic E-state index is -0.871. The second-order valence-electron chi connectivity index (χ2n) is 4.53. The summed E-state index contributed by atoms with van der Waals surface area (Å²) < 4.78 is 4.96. The topological polar surface area (TPSA) is 66.8 Å². The Hall–Kier alpha value is -1.26. The number of carbonyl (C=O) groups excluding carboxylic acids is 1. The minimum Gasteiger partial charge on any atom is -0.481 e. The first-order valence-corrected chi connectivity index (χ1v) is 5.85. The van der Waals surface area contributed by atoms with E-state index in [2.05, 4.69) is 0 Å². The molecule has 1 amide bonds. The van der Waals surface area contributed by atoms with Gasteiger partial charge in [0.2, 0.25) is 0 Å². The van der Waals surface area contributed by atoms with Gasteiger partial charge in [-0.3, -0.25) is 9.69 Å². The Morgan fingerprint density at radius 1 is 1.38 bits per heavy atom. The van der Waals surface area contributed by atoms with Crippen molar-refractivity contribution in [3.8, 4) is 0 Å². The number of carboxylic acid groups (broad SMARTS) is 1. The molecule has 90 valence electrons. The molecule has 1 atom stereocenters. The molecule has 16 heavy (non-hydrogen) atoms. The molecule has 2 fully saturated rings. The molecule has 0 spiro atoms. The normalized spacial score (nSPS) is 26.9. The molecule has 0 bridgehead atoms. The van der Waals surface area contributed by atoms with E-state index in [0.29, 0.717) is 0 Å². The number of aliphatic carboxylic acids is 1. The Bertz CT molecular complexity index is 286. The molecular formula is C11H17NO4. The van der Waals surface area contributed by atoms with Gasteiger partial charge in [0.1, 0.15) is 6.61 Å². The highest BCUT2D eigenvalue weighted by Crippen LogP contribution is 2.28. The van der Waals surface area contributed by atoms with Crippen LogP contribution in [0.5, 0.6) is 0 Å². The zero-order valence-corrected chi connectivity index (χ0v) is 9.22. The summed E-state index contributed by atoms with van der Waals surface area (Å²) in [5.41, 5.74) is 0. The maximum Gasteiger partial charge on any atom is 0.410 e. The molecular weight excluding hydrogens is 210 g/mol. The van der Waals surface area contributed by atoms with E-state index in [1.807, 2.05) is 0 Å². The zero-order chi connectivity index (χ0) is 11.5. The van der Waals surface area contributed by atoms with Crippen molar-refractivity contribution in [2.75, 3.05) is 6.61 Å². The Kier molecular flexibility index (Phi) is 3.31. The van der Waals surface area contributed by atoms with Gasteiger partial charge < -0.3 is 9.84 Å². The van der Waals surface area contributed by atoms with E-state index in [-0.39, 0.29) is 31.2 Å². The van der Waals surface area contributed by atoms with Crippen LogP contribution in [0.3, 0.4) is 0 Å². The van der Waals surface area contributed by atoms with Crippen LogP contribution in [0.25, 0.3) is 0 Å². The predicted octanol–water partition coefficient (Wildman–Crippen LogP) is 1.61. The largest absolute Gasteiger partial charge is 0.481 e. The quantitative estimate of drug-likeness (QED) is 0.795. The average Bonchev–Trinajstić information content (AvgIpc) is 2.60. The molecule has 1 aliphatic heterocycles. The lowest BCUT2D eigenvalue weighted by molar-refractivity contribution is -0.138. The molecule has 0 aromatic heterocycles. The summed E-state index contributed by atoms with van der Waals surface area (Å²) in [5.74, 6) is -0.871. The fourth-order valence-electron chi connectivity index (χ4n) is 2.64. The van der Waals surface area contributed by atoms with Crippen molar-refractivity contribution in [3.05, 3.63) is 0 Å². The molecule has 1 saturated carbocycles. The summed E-state index contributed by atoms with van der Waals surface area (Å²) in [4.78, 5) is 23.9. The summed E-state index contributed by atoms with van der Waals surface area (Å²) in [7, 11) is 0. The number of nitrogens with zero attached hydrogens (tertiary/aromatic N) is 1. The molecule has 1 unspecified atom stereocenters. The number of rotatable bonds is 3. The van der Waals surface area contributed by atoms with Crippen molar-refractivity contribution >= 4 is 12.1 Å². The molecule has 1 saturated heterocycles. The van der Waals surface area contributed by atoms with Gasteiger partial charge in [-0.05, 0) is 12.8 Å². The van der Waals surface area contributed by atoms with E-state index in [0.717, 1.165) is 25.7 Å². The van der Waals surface area contributed by atoms with Crippen molar-refractivity contribution in [2.45, 2.75) is 50.6 Å². The first kappa shape index (κ1) is 11.2. The summed E-state index contributed by atoms with van der Waals surface area (Å²) in [6.07, 6.45) is 5.06. The first-order chi connectivity index (χ1) is 7.68. The van der Waals surface area contributed by atoms with Crippen LogP contribution in [0.4, 0.5) is 4.79 Å². The van der Waals surface area contributed by atoms with E-state index in [9.17, 15) is 9.59 Å². The van der Waals surface area contributed by atoms with E-state index < -0.39 is 5.97 Å². The Morgan fingerprint density at radius 2 is 2.06 bits per heavy atom. The van der Waals surface area contributed by atoms with Crippen LogP contribution < -0.4 is 0 Å². The number of hydrogen-bond acceptors (Lipinski definition) is 3. The lowest BCUT2D eigenvalue weighted by atomic mass is 9.93. The van der Waals surface area contributed by atoms with Crippen LogP contribution in [0.2, 0.25) is 0 Å². The van der Waals surface area contributed by atoms with Crippen molar-refractivity contribution in [3.63, 3.8) is 0 Å². The second kappa shape index (κ2) is 4.72. The highest BCUT2D eigenvalue weighted by molar-refractivity contribution is 5.73. The number of carbonyl (C=O) groups is 2. The number of carboxylic acids is 1. The maximum atomic E-state index is 11.6. The molecule has 0 radical (unpaired) electrons. The maximum absolute atomic E-state index is 11.6. The third-order valence-electron chi connectivity index (χ3n) is 3.38. The first-order valence-electron chi connectivity index (χ1n) is 5.85. The van der Waals surface area contributed by atoms with Gasteiger partial charge in [0.05, 0.1) is 12.5 Å². The zero-order valence-electron chi connectivity index (χ0n) is 9.22. The van der Waals surface area contributed by atoms with Crippen LogP contribution in [-0.2, 0) is 9.53 Å². The lowest BCUT2D eigenvalue weighted by Gasteiger charge is -2.32. The molecule has 1 N–H and O–H groups in total. The summed E-state index contributed by atoms with van der Waals surface area (Å²) in [6.45, 7) is 0.224. The van der Waals surface area contributed by atoms with Gasteiger partial charge in [0, 0.05) is 6.04 Å². The van der Waals surface area contributed by atoms with Gasteiger partial charge in [-0.2, -0.15) is 0 Å². The van der Waals surface area contributed by atoms with Crippen LogP contribution in [0.1, 0.15) is 38.5 Å². The van der Waals surface area contributed by atoms with Crippen molar-refractivity contribution in [2.24, 2.45) is 0 Å². The molecule has 5 heteroatoms. The fraction of sp³-hybridized carbons (Fsp3) is 0.818. The molecule has 0 aromatic rings. The number of cyclic esters (lactones) is 1. The van der Waals surface area contributed by atoms with E-state index >= 15 is 0 Å². The number of hydrogen-bond donors (Lipinski definition) is 1. The van der Waals surface area contributed by atoms with Gasteiger partial charge in [0.25, 0.3) is 0 Å². The molecule has 0 aromatic carbocycles. The van der Waals surface area contributed by atoms with Gasteiger partial charge in [-0.15, -0.1) is 0 Å². The average molecular weight is 227 g/mol. The highest BCUT2D eigenvalue weighted by Gasteiger charge is 2.39. The minimum absolute atomic E-state index is 0.0117. The Morgan fingerprint density at radius 3 is 2.69 bits per heavy atom. The van der Waals surface area contributed by atoms with Gasteiger partial charge in [0.15, 0.2) is 0 Å². The van der Waals surface area contributed by atoms with Crippen molar-refractivity contribution < 1.29 is 19.4 Å². The van der Waals surface area contributed by atoms with E-state index in [1.54, 1.807) is 4.90 Å². The van der Waals surface area contributed by atoms with Gasteiger partial charge >= 0.3 is 12.1 Å². The van der Waals surface area contributed by atoms with Crippen LogP contribution in [-0.4, -0.2) is 40.8 Å². The van der Waals surface area contributed by atoms with Crippen LogP contribution >= 0.6 is 0 Å². The molecule has 1 heterocycles. The monoisotopic (exact) mass is 227 g/mol.